The average Bonchev–Trinajstić information content (AvgIpc) is 3.79. The van der Waals surface area contributed by atoms with Gasteiger partial charge in [-0.3, -0.25) is 0 Å². The van der Waals surface area contributed by atoms with Gasteiger partial charge in [0, 0.05) is 0 Å². The van der Waals surface area contributed by atoms with Gasteiger partial charge in [0.15, 0.2) is 37.7 Å². The third-order valence-electron chi connectivity index (χ3n) is 12.7. The van der Waals surface area contributed by atoms with Crippen LogP contribution in [0.3, 0.4) is 0 Å². The standard InChI is InChI=1S/C38H66O32/c39-1-9(43)17(47)29(10(44)2-40)67-36-28(58)24(54)30(16(66-36)8-62-38-32(19(49)12(46)6-60-38)70-34-26(56)21(51)14(4-42)64-34)68-35-27(57)23(53)22(52)15(65-35)7-61-37-31(18(48)11(45)5-59-37)69-33-25(55)20(50)13(3-41)63-33/h9-58H,1-8H2/t9-,10+,11+,12+,13-,14-,15+,16+,17+,18-,19-,20-,21-,22+,23-,24+,25+,26+,27+,28+,29+,30+,31+,32+,33-,34-,35-,36-,37+,38+/m0/s1. The molecular formula is C38H66O32. The summed E-state index contributed by atoms with van der Waals surface area (Å²) in [7, 11) is 0. The van der Waals surface area contributed by atoms with Crippen LogP contribution in [0.25, 0.3) is 0 Å². The second-order valence-corrected chi connectivity index (χ2v) is 17.5. The van der Waals surface area contributed by atoms with Crippen LogP contribution in [-0.4, -0.2) is 339 Å². The minimum atomic E-state index is -2.28. The normalized spacial score (nSPS) is 48.9. The zero-order valence-electron chi connectivity index (χ0n) is 36.8. The van der Waals surface area contributed by atoms with Crippen LogP contribution in [-0.2, 0) is 56.8 Å². The molecule has 0 amide bonds. The van der Waals surface area contributed by atoms with Crippen molar-refractivity contribution in [1.29, 1.82) is 0 Å². The van der Waals surface area contributed by atoms with Crippen molar-refractivity contribution in [3.8, 4) is 0 Å². The quantitative estimate of drug-likeness (QED) is 0.0507. The molecule has 410 valence electrons. The van der Waals surface area contributed by atoms with Crippen molar-refractivity contribution < 1.29 is 159 Å². The number of hydrogen-bond acceptors (Lipinski definition) is 32. The molecule has 30 atom stereocenters. The van der Waals surface area contributed by atoms with Gasteiger partial charge < -0.3 is 159 Å². The van der Waals surface area contributed by atoms with Gasteiger partial charge in [-0.05, 0) is 0 Å². The highest BCUT2D eigenvalue weighted by Gasteiger charge is 2.55. The van der Waals surface area contributed by atoms with Crippen molar-refractivity contribution in [2.24, 2.45) is 0 Å². The van der Waals surface area contributed by atoms with E-state index >= 15 is 0 Å². The predicted molar refractivity (Wildman–Crippen MR) is 210 cm³/mol. The summed E-state index contributed by atoms with van der Waals surface area (Å²) in [5.41, 5.74) is 0. The third kappa shape index (κ3) is 12.7. The van der Waals surface area contributed by atoms with Gasteiger partial charge in [-0.25, -0.2) is 0 Å². The van der Waals surface area contributed by atoms with E-state index < -0.39 is 237 Å². The lowest BCUT2D eigenvalue weighted by molar-refractivity contribution is -0.378. The Morgan fingerprint density at radius 2 is 0.771 bits per heavy atom. The van der Waals surface area contributed by atoms with Gasteiger partial charge in [0.2, 0.25) is 0 Å². The van der Waals surface area contributed by atoms with Crippen LogP contribution in [0.15, 0.2) is 0 Å². The van der Waals surface area contributed by atoms with Gasteiger partial charge in [0.25, 0.3) is 0 Å². The van der Waals surface area contributed by atoms with Crippen molar-refractivity contribution >= 4 is 0 Å². The van der Waals surface area contributed by atoms with E-state index in [1.54, 1.807) is 0 Å². The highest BCUT2D eigenvalue weighted by molar-refractivity contribution is 4.97. The lowest BCUT2D eigenvalue weighted by Gasteiger charge is -2.47. The molecule has 0 aromatic rings. The molecule has 6 saturated heterocycles. The smallest absolute Gasteiger partial charge is 0.187 e. The van der Waals surface area contributed by atoms with Gasteiger partial charge in [-0.15, -0.1) is 0 Å². The topological polar surface area (TPSA) is 515 Å². The molecule has 0 aliphatic carbocycles. The minimum absolute atomic E-state index is 0.554. The molecule has 6 rings (SSSR count). The highest BCUT2D eigenvalue weighted by atomic mass is 16.8. The molecule has 0 unspecified atom stereocenters. The molecule has 0 spiro atoms. The van der Waals surface area contributed by atoms with Gasteiger partial charge in [-0.1, -0.05) is 0 Å². The summed E-state index contributed by atoms with van der Waals surface area (Å²) in [6.07, 6.45) is -55.7. The first kappa shape index (κ1) is 58.0. The fourth-order valence-electron chi connectivity index (χ4n) is 8.38. The maximum atomic E-state index is 11.6. The number of rotatable bonds is 21. The Bertz CT molecular complexity index is 1560. The molecule has 6 heterocycles. The molecule has 6 aliphatic rings. The van der Waals surface area contributed by atoms with Crippen molar-refractivity contribution in [2.45, 2.75) is 184 Å². The maximum Gasteiger partial charge on any atom is 0.187 e. The molecule has 70 heavy (non-hydrogen) atoms. The van der Waals surface area contributed by atoms with E-state index in [0.29, 0.717) is 0 Å². The second-order valence-electron chi connectivity index (χ2n) is 17.5. The Kier molecular flexibility index (Phi) is 21.1. The Hall–Kier alpha value is -1.28. The number of aliphatic hydroxyl groups excluding tert-OH is 20. The summed E-state index contributed by atoms with van der Waals surface area (Å²) in [5.74, 6) is 0. The van der Waals surface area contributed by atoms with Gasteiger partial charge >= 0.3 is 0 Å². The molecule has 6 fully saturated rings. The van der Waals surface area contributed by atoms with Crippen molar-refractivity contribution in [2.75, 3.05) is 52.9 Å². The molecule has 32 nitrogen and oxygen atoms in total. The largest absolute Gasteiger partial charge is 0.394 e. The van der Waals surface area contributed by atoms with Crippen molar-refractivity contribution in [3.63, 3.8) is 0 Å². The first-order chi connectivity index (χ1) is 33.2. The Labute approximate surface area is 395 Å². The molecule has 0 aromatic heterocycles. The van der Waals surface area contributed by atoms with Crippen LogP contribution in [0.2, 0.25) is 0 Å². The first-order valence-corrected chi connectivity index (χ1v) is 22.2. The zero-order chi connectivity index (χ0) is 51.5. The molecule has 0 saturated carbocycles. The molecule has 0 aromatic carbocycles. The summed E-state index contributed by atoms with van der Waals surface area (Å²) in [6, 6.07) is 0. The van der Waals surface area contributed by atoms with Crippen LogP contribution < -0.4 is 0 Å². The molecule has 20 N–H and O–H groups in total. The average molecular weight is 1030 g/mol. The lowest BCUT2D eigenvalue weighted by atomic mass is 9.96. The minimum Gasteiger partial charge on any atom is -0.394 e. The van der Waals surface area contributed by atoms with Crippen molar-refractivity contribution in [3.05, 3.63) is 0 Å². The summed E-state index contributed by atoms with van der Waals surface area (Å²) in [5, 5.41) is 209. The van der Waals surface area contributed by atoms with E-state index in [0.717, 1.165) is 0 Å². The Morgan fingerprint density at radius 3 is 1.21 bits per heavy atom. The summed E-state index contributed by atoms with van der Waals surface area (Å²) in [4.78, 5) is 0. The summed E-state index contributed by atoms with van der Waals surface area (Å²) >= 11 is 0. The van der Waals surface area contributed by atoms with E-state index in [4.69, 9.17) is 56.8 Å². The summed E-state index contributed by atoms with van der Waals surface area (Å²) in [6.45, 7) is -6.61. The molecule has 32 heteroatoms. The Morgan fingerprint density at radius 1 is 0.386 bits per heavy atom. The third-order valence-corrected chi connectivity index (χ3v) is 12.7. The Balaban J connectivity index is 1.21. The van der Waals surface area contributed by atoms with E-state index in [-0.39, 0.29) is 0 Å². The van der Waals surface area contributed by atoms with Gasteiger partial charge in [-0.2, -0.15) is 0 Å². The molecule has 6 aliphatic heterocycles. The van der Waals surface area contributed by atoms with Crippen LogP contribution in [0.1, 0.15) is 0 Å². The summed E-state index contributed by atoms with van der Waals surface area (Å²) < 4.78 is 67.4. The SMILES string of the molecule is OC[C@@H](O)[C@@H](O[C@@H]1O[C@H](CO[C@H]2OC[C@@H](O)[C@H](O)[C@H]2O[C@@H]2O[C@@H](CO)[C@H](O)[C@H]2O)[C@@H](O[C@@H]2O[C@H](CO[C@H]3OC[C@@H](O)[C@H](O)[C@H]3O[C@@H]3O[C@@H](CO)[C@H](O)[C@H]3O)[C@@H](O)[C@H](O)[C@H]2O)[C@H](O)[C@H]1O)[C@H](O)[C@@H](O)CO. The van der Waals surface area contributed by atoms with E-state index in [1.807, 2.05) is 0 Å². The van der Waals surface area contributed by atoms with Crippen molar-refractivity contribution in [1.82, 2.24) is 0 Å². The molecular weight excluding hydrogens is 968 g/mol. The van der Waals surface area contributed by atoms with E-state index in [2.05, 4.69) is 0 Å². The zero-order valence-corrected chi connectivity index (χ0v) is 36.8. The number of aliphatic hydroxyl groups is 20. The monoisotopic (exact) mass is 1030 g/mol. The van der Waals surface area contributed by atoms with E-state index in [9.17, 15) is 102 Å². The number of hydrogen-bond donors (Lipinski definition) is 20. The van der Waals surface area contributed by atoms with Gasteiger partial charge in [0.1, 0.15) is 146 Å². The molecule has 0 bridgehead atoms. The van der Waals surface area contributed by atoms with E-state index in [1.165, 1.54) is 0 Å². The number of ether oxygens (including phenoxy) is 12. The van der Waals surface area contributed by atoms with Crippen LogP contribution >= 0.6 is 0 Å². The fourth-order valence-corrected chi connectivity index (χ4v) is 8.38. The maximum absolute atomic E-state index is 11.6. The van der Waals surface area contributed by atoms with Crippen LogP contribution in [0, 0.1) is 0 Å². The highest BCUT2D eigenvalue weighted by Crippen LogP contribution is 2.35. The molecule has 0 radical (unpaired) electrons. The lowest BCUT2D eigenvalue weighted by Crippen LogP contribution is -2.66. The predicted octanol–water partition coefficient (Wildman–Crippen LogP) is -14.1. The van der Waals surface area contributed by atoms with Gasteiger partial charge in [0.05, 0.1) is 52.9 Å². The first-order valence-electron chi connectivity index (χ1n) is 22.2. The second kappa shape index (κ2) is 25.5. The van der Waals surface area contributed by atoms with Crippen LogP contribution in [0.5, 0.6) is 0 Å². The fraction of sp³-hybridized carbons (Fsp3) is 1.00. The van der Waals surface area contributed by atoms with Crippen LogP contribution in [0.4, 0.5) is 0 Å².